The van der Waals surface area contributed by atoms with E-state index >= 15 is 0 Å². The van der Waals surface area contributed by atoms with Gasteiger partial charge in [-0.1, -0.05) is 84.9 Å². The molecule has 227 valence electrons. The molecule has 1 radical (unpaired) electrons. The van der Waals surface area contributed by atoms with E-state index in [1.807, 2.05) is 0 Å². The summed E-state index contributed by atoms with van der Waals surface area (Å²) in [5, 5.41) is 0. The van der Waals surface area contributed by atoms with Gasteiger partial charge in [-0.2, -0.15) is 26.3 Å². The van der Waals surface area contributed by atoms with Crippen LogP contribution >= 0.6 is 0 Å². The zero-order valence-corrected chi connectivity index (χ0v) is 23.7. The van der Waals surface area contributed by atoms with Crippen molar-refractivity contribution in [1.29, 1.82) is 0 Å². The number of hydrogen-bond acceptors (Lipinski definition) is 2. The molecule has 0 atom stereocenters. The van der Waals surface area contributed by atoms with Gasteiger partial charge in [-0.3, -0.25) is 0 Å². The van der Waals surface area contributed by atoms with Crippen molar-refractivity contribution in [2.75, 3.05) is 0 Å². The molecule has 11 heteroatoms. The van der Waals surface area contributed by atoms with Crippen LogP contribution in [0.1, 0.15) is 33.9 Å². The predicted molar refractivity (Wildman–Crippen MR) is 158 cm³/mol. The van der Waals surface area contributed by atoms with Crippen LogP contribution < -0.4 is 9.97 Å². The molecule has 0 N–H and O–H groups in total. The number of alkyl halides is 6. The Balaban J connectivity index is 0.00000357. The number of rotatable bonds is 2. The Hall–Kier alpha value is -4.86. The van der Waals surface area contributed by atoms with Gasteiger partial charge >= 0.3 is 29.4 Å². The summed E-state index contributed by atoms with van der Waals surface area (Å²) in [6.45, 7) is 0. The molecule has 2 aliphatic heterocycles. The molecule has 0 aliphatic carbocycles. The van der Waals surface area contributed by atoms with E-state index in [1.54, 1.807) is 60.7 Å². The molecule has 0 amide bonds. The van der Waals surface area contributed by atoms with Crippen molar-refractivity contribution in [3.05, 3.63) is 119 Å². The maximum absolute atomic E-state index is 14.7. The molecule has 2 aromatic carbocycles. The minimum absolute atomic E-state index is 0. The van der Waals surface area contributed by atoms with E-state index in [1.165, 1.54) is 48.6 Å². The minimum atomic E-state index is -4.82. The zero-order chi connectivity index (χ0) is 30.6. The van der Waals surface area contributed by atoms with Crippen LogP contribution in [-0.4, -0.2) is 9.97 Å². The topological polar surface area (TPSA) is 54.0 Å². The van der Waals surface area contributed by atoms with Crippen LogP contribution in [0.25, 0.3) is 68.6 Å². The third kappa shape index (κ3) is 5.49. The molecule has 7 rings (SSSR count). The first-order valence-corrected chi connectivity index (χ1v) is 13.4. The minimum Gasteiger partial charge on any atom is -0.657 e. The molecule has 8 bridgehead atoms. The zero-order valence-electron chi connectivity index (χ0n) is 22.8. The molecule has 3 aromatic heterocycles. The number of nitrogens with zero attached hydrogens (tertiary/aromatic N) is 4. The number of aromatic nitrogens is 4. The normalized spacial score (nSPS) is 12.8. The van der Waals surface area contributed by atoms with Gasteiger partial charge in [0.2, 0.25) is 0 Å². The van der Waals surface area contributed by atoms with Gasteiger partial charge in [-0.05, 0) is 46.6 Å². The summed E-state index contributed by atoms with van der Waals surface area (Å²) in [6, 6.07) is 22.4. The second kappa shape index (κ2) is 11.2. The summed E-state index contributed by atoms with van der Waals surface area (Å²) in [5.41, 5.74) is -1.48. The number of fused-ring (bicyclic) bond motifs is 8. The van der Waals surface area contributed by atoms with Gasteiger partial charge in [-0.25, -0.2) is 9.97 Å². The fourth-order valence-corrected chi connectivity index (χ4v) is 5.47. The molecule has 5 aromatic rings. The summed E-state index contributed by atoms with van der Waals surface area (Å²) in [6.07, 6.45) is -4.37. The Kier molecular flexibility index (Phi) is 7.54. The molecule has 5 heterocycles. The van der Waals surface area contributed by atoms with E-state index in [0.29, 0.717) is 11.1 Å². The molecule has 4 nitrogen and oxygen atoms in total. The Morgan fingerprint density at radius 1 is 0.422 bits per heavy atom. The molecule has 0 spiro atoms. The van der Waals surface area contributed by atoms with Gasteiger partial charge < -0.3 is 9.97 Å². The summed E-state index contributed by atoms with van der Waals surface area (Å²) < 4.78 is 87.9. The standard InChI is InChI=1S/C34H18F6N4.Cu/c35-33(36,37)31-25-15-11-21(41-25)29(19-7-3-1-4-8-19)22-12-16-26(42-22)32(34(38,39)40)28-18-14-24(44-28)30(20-9-5-2-6-10-20)23-13-17-27(31)43-23;/h1-18H;/q-2;+2. The fraction of sp³-hybridized carbons (Fsp3) is 0.0588. The first kappa shape index (κ1) is 30.2. The maximum atomic E-state index is 14.7. The van der Waals surface area contributed by atoms with Crippen molar-refractivity contribution in [3.8, 4) is 22.3 Å². The van der Waals surface area contributed by atoms with Crippen molar-refractivity contribution in [3.63, 3.8) is 0 Å². The number of hydrogen-bond donors (Lipinski definition) is 0. The molecule has 0 unspecified atom stereocenters. The first-order chi connectivity index (χ1) is 21.1. The summed E-state index contributed by atoms with van der Waals surface area (Å²) in [5.74, 6) is 0. The average Bonchev–Trinajstić information content (AvgIpc) is 3.79. The number of halogens is 6. The van der Waals surface area contributed by atoms with Crippen molar-refractivity contribution in [2.45, 2.75) is 12.4 Å². The van der Waals surface area contributed by atoms with Crippen molar-refractivity contribution in [1.82, 2.24) is 19.9 Å². The van der Waals surface area contributed by atoms with Gasteiger partial charge in [0.05, 0.1) is 22.8 Å². The molecule has 2 aliphatic rings. The van der Waals surface area contributed by atoms with Crippen LogP contribution in [0, 0.1) is 0 Å². The molecular formula is C34H18CuF6N4. The quantitative estimate of drug-likeness (QED) is 0.137. The summed E-state index contributed by atoms with van der Waals surface area (Å²) >= 11 is 0. The molecule has 0 fully saturated rings. The molecule has 45 heavy (non-hydrogen) atoms. The van der Waals surface area contributed by atoms with Gasteiger partial charge in [0, 0.05) is 5.56 Å². The molecular weight excluding hydrogens is 642 g/mol. The van der Waals surface area contributed by atoms with Gasteiger partial charge in [0.15, 0.2) is 0 Å². The monoisotopic (exact) mass is 659 g/mol. The van der Waals surface area contributed by atoms with Crippen LogP contribution in [0.4, 0.5) is 26.3 Å². The second-order valence-electron chi connectivity index (χ2n) is 10.1. The van der Waals surface area contributed by atoms with E-state index in [9.17, 15) is 26.3 Å². The average molecular weight is 660 g/mol. The Morgan fingerprint density at radius 3 is 1.16 bits per heavy atom. The van der Waals surface area contributed by atoms with E-state index in [-0.39, 0.29) is 73.0 Å². The predicted octanol–water partition coefficient (Wildman–Crippen LogP) is 9.28. The van der Waals surface area contributed by atoms with Crippen molar-refractivity contribution < 1.29 is 43.4 Å². The van der Waals surface area contributed by atoms with E-state index < -0.39 is 23.5 Å². The van der Waals surface area contributed by atoms with Crippen molar-refractivity contribution in [2.24, 2.45) is 0 Å². The van der Waals surface area contributed by atoms with Crippen LogP contribution in [0.5, 0.6) is 0 Å². The van der Waals surface area contributed by atoms with Crippen LogP contribution in [0.3, 0.4) is 0 Å². The van der Waals surface area contributed by atoms with E-state index in [4.69, 9.17) is 0 Å². The van der Waals surface area contributed by atoms with Crippen molar-refractivity contribution >= 4 is 46.4 Å². The van der Waals surface area contributed by atoms with Gasteiger partial charge in [0.1, 0.15) is 5.56 Å². The molecule has 0 saturated heterocycles. The van der Waals surface area contributed by atoms with Gasteiger partial charge in [0.25, 0.3) is 0 Å². The SMILES string of the molecule is FC(F)(F)c1c2nc(c(-c3ccccc3)c3ccc([n-]3)c(C(F)(F)F)c3ccc([n-]3)c(-c3ccccc3)c3nc1C=C3)C=C2.[Cu+2]. The third-order valence-electron chi connectivity index (χ3n) is 7.30. The fourth-order valence-electron chi connectivity index (χ4n) is 5.47. The van der Waals surface area contributed by atoms with E-state index in [0.717, 1.165) is 0 Å². The molecule has 0 saturated carbocycles. The van der Waals surface area contributed by atoms with E-state index in [2.05, 4.69) is 19.9 Å². The Morgan fingerprint density at radius 2 is 0.778 bits per heavy atom. The Bertz CT molecular complexity index is 2000. The largest absolute Gasteiger partial charge is 2.00 e. The van der Waals surface area contributed by atoms with Crippen LogP contribution in [-0.2, 0) is 29.4 Å². The number of benzene rings is 2. The van der Waals surface area contributed by atoms with Crippen LogP contribution in [0.15, 0.2) is 84.9 Å². The second-order valence-corrected chi connectivity index (χ2v) is 10.1. The Labute approximate surface area is 262 Å². The van der Waals surface area contributed by atoms with Crippen LogP contribution in [0.2, 0.25) is 0 Å². The third-order valence-corrected chi connectivity index (χ3v) is 7.30. The maximum Gasteiger partial charge on any atom is 2.00 e. The van der Waals surface area contributed by atoms with Gasteiger partial charge in [-0.15, -0.1) is 22.1 Å². The smallest absolute Gasteiger partial charge is 0.657 e. The first-order valence-electron chi connectivity index (χ1n) is 13.4. The summed E-state index contributed by atoms with van der Waals surface area (Å²) in [4.78, 5) is 17.4. The summed E-state index contributed by atoms with van der Waals surface area (Å²) in [7, 11) is 0.